The molecule has 0 radical (unpaired) electrons. The molecule has 5 nitrogen and oxygen atoms in total. The summed E-state index contributed by atoms with van der Waals surface area (Å²) in [6, 6.07) is 7.93. The van der Waals surface area contributed by atoms with Crippen LogP contribution in [-0.2, 0) is 0 Å². The van der Waals surface area contributed by atoms with E-state index in [0.29, 0.717) is 0 Å². The molecule has 0 fully saturated rings. The highest BCUT2D eigenvalue weighted by atomic mass is 16.6. The highest BCUT2D eigenvalue weighted by Gasteiger charge is 1.98. The Kier molecular flexibility index (Phi) is 5.94. The van der Waals surface area contributed by atoms with Gasteiger partial charge in [-0.05, 0) is 0 Å². The van der Waals surface area contributed by atoms with Crippen molar-refractivity contribution >= 4 is 5.69 Å². The fourth-order valence-corrected chi connectivity index (χ4v) is 0.550. The van der Waals surface area contributed by atoms with E-state index in [-0.39, 0.29) is 16.6 Å². The summed E-state index contributed by atoms with van der Waals surface area (Å²) >= 11 is 0. The van der Waals surface area contributed by atoms with Gasteiger partial charge < -0.3 is 11.0 Å². The Morgan fingerprint density at radius 3 is 1.82 bits per heavy atom. The number of hydrogen-bond donors (Lipinski definition) is 0. The molecular weight excluding hydrogens is 150 g/mol. The van der Waals surface area contributed by atoms with Gasteiger partial charge in [-0.3, -0.25) is 10.1 Å². The lowest BCUT2D eigenvalue weighted by atomic mass is 10.3. The maximum Gasteiger partial charge on any atom is 0.269 e. The second kappa shape index (κ2) is 5.33. The number of para-hydroxylation sites is 1. The van der Waals surface area contributed by atoms with Crippen LogP contribution in [0.1, 0.15) is 0 Å². The Labute approximate surface area is 63.0 Å². The molecule has 0 aromatic heterocycles. The molecule has 0 bridgehead atoms. The Hall–Kier alpha value is -1.46. The van der Waals surface area contributed by atoms with Gasteiger partial charge in [-0.25, -0.2) is 0 Å². The summed E-state index contributed by atoms with van der Waals surface area (Å²) in [5.41, 5.74) is 0.137. The summed E-state index contributed by atoms with van der Waals surface area (Å²) in [4.78, 5) is 9.59. The van der Waals surface area contributed by atoms with Crippen molar-refractivity contribution in [1.29, 1.82) is 0 Å². The lowest BCUT2D eigenvalue weighted by Gasteiger charge is -1.85. The second-order valence-corrected chi connectivity index (χ2v) is 1.59. The molecular formula is C6H9NO4. The Morgan fingerprint density at radius 1 is 1.09 bits per heavy atom. The molecule has 0 unspecified atom stereocenters. The van der Waals surface area contributed by atoms with Gasteiger partial charge in [-0.15, -0.1) is 0 Å². The lowest BCUT2D eigenvalue weighted by Crippen LogP contribution is -1.84. The van der Waals surface area contributed by atoms with Gasteiger partial charge in [-0.2, -0.15) is 0 Å². The summed E-state index contributed by atoms with van der Waals surface area (Å²) < 4.78 is 0. The normalized spacial score (nSPS) is 7.27. The predicted octanol–water partition coefficient (Wildman–Crippen LogP) is -0.0546. The van der Waals surface area contributed by atoms with Crippen LogP contribution >= 0.6 is 0 Å². The molecule has 0 saturated heterocycles. The number of hydrogen-bond acceptors (Lipinski definition) is 2. The molecule has 0 amide bonds. The average molecular weight is 159 g/mol. The van der Waals surface area contributed by atoms with E-state index in [9.17, 15) is 10.1 Å². The minimum atomic E-state index is -0.417. The number of nitrogens with zero attached hydrogens (tertiary/aromatic N) is 1. The summed E-state index contributed by atoms with van der Waals surface area (Å²) in [6.45, 7) is 0. The van der Waals surface area contributed by atoms with Gasteiger partial charge in [0.15, 0.2) is 0 Å². The van der Waals surface area contributed by atoms with Crippen LogP contribution in [0.15, 0.2) is 30.3 Å². The highest BCUT2D eigenvalue weighted by Crippen LogP contribution is 2.06. The van der Waals surface area contributed by atoms with Crippen LogP contribution in [0.5, 0.6) is 0 Å². The van der Waals surface area contributed by atoms with Crippen molar-refractivity contribution in [2.75, 3.05) is 0 Å². The first-order valence-corrected chi connectivity index (χ1v) is 2.50. The molecule has 5 heteroatoms. The van der Waals surface area contributed by atoms with Crippen LogP contribution in [-0.4, -0.2) is 15.9 Å². The fraction of sp³-hybridized carbons (Fsp3) is 0. The maximum absolute atomic E-state index is 10.0. The molecule has 0 spiro atoms. The van der Waals surface area contributed by atoms with Crippen molar-refractivity contribution in [3.05, 3.63) is 40.4 Å². The molecule has 0 heterocycles. The van der Waals surface area contributed by atoms with Crippen molar-refractivity contribution in [1.82, 2.24) is 0 Å². The minimum Gasteiger partial charge on any atom is -0.412 e. The van der Waals surface area contributed by atoms with Crippen LogP contribution in [0.3, 0.4) is 0 Å². The van der Waals surface area contributed by atoms with Crippen molar-refractivity contribution in [3.8, 4) is 0 Å². The topological polar surface area (TPSA) is 106 Å². The number of non-ortho nitro benzene ring substituents is 1. The molecule has 0 aliphatic rings. The van der Waals surface area contributed by atoms with Gasteiger partial charge >= 0.3 is 0 Å². The van der Waals surface area contributed by atoms with Gasteiger partial charge in [-0.1, -0.05) is 18.2 Å². The number of rotatable bonds is 1. The van der Waals surface area contributed by atoms with E-state index in [1.54, 1.807) is 18.2 Å². The molecule has 11 heavy (non-hydrogen) atoms. The van der Waals surface area contributed by atoms with E-state index >= 15 is 0 Å². The zero-order valence-corrected chi connectivity index (χ0v) is 5.65. The smallest absolute Gasteiger partial charge is 0.269 e. The first-order valence-electron chi connectivity index (χ1n) is 2.50. The van der Waals surface area contributed by atoms with Gasteiger partial charge in [0.05, 0.1) is 4.92 Å². The van der Waals surface area contributed by atoms with Crippen molar-refractivity contribution in [3.63, 3.8) is 0 Å². The first kappa shape index (κ1) is 12.2. The van der Waals surface area contributed by atoms with Crippen LogP contribution in [0, 0.1) is 10.1 Å². The van der Waals surface area contributed by atoms with E-state index in [1.807, 2.05) is 0 Å². The zero-order valence-electron chi connectivity index (χ0n) is 5.65. The number of nitro groups is 1. The first-order chi connectivity index (χ1) is 4.30. The van der Waals surface area contributed by atoms with E-state index in [4.69, 9.17) is 0 Å². The van der Waals surface area contributed by atoms with Crippen molar-refractivity contribution in [2.24, 2.45) is 0 Å². The van der Waals surface area contributed by atoms with Gasteiger partial charge in [0.1, 0.15) is 0 Å². The molecule has 1 aromatic carbocycles. The third kappa shape index (κ3) is 3.29. The van der Waals surface area contributed by atoms with Crippen molar-refractivity contribution in [2.45, 2.75) is 0 Å². The predicted molar refractivity (Wildman–Crippen MR) is 40.3 cm³/mol. The van der Waals surface area contributed by atoms with Crippen LogP contribution in [0.2, 0.25) is 0 Å². The number of benzene rings is 1. The van der Waals surface area contributed by atoms with Gasteiger partial charge in [0.25, 0.3) is 5.69 Å². The summed E-state index contributed by atoms with van der Waals surface area (Å²) in [6.07, 6.45) is 0. The van der Waals surface area contributed by atoms with Crippen LogP contribution in [0.4, 0.5) is 5.69 Å². The van der Waals surface area contributed by atoms with E-state index in [0.717, 1.165) is 0 Å². The van der Waals surface area contributed by atoms with E-state index in [2.05, 4.69) is 0 Å². The Balaban J connectivity index is 0. The minimum absolute atomic E-state index is 0. The molecule has 0 aliphatic heterocycles. The molecule has 0 atom stereocenters. The lowest BCUT2D eigenvalue weighted by molar-refractivity contribution is -0.384. The standard InChI is InChI=1S/C6H5NO2.2H2O/c8-7(9)6-4-2-1-3-5-6;;/h1-5H;2*1H2. The molecule has 0 aliphatic carbocycles. The summed E-state index contributed by atoms with van der Waals surface area (Å²) in [7, 11) is 0. The van der Waals surface area contributed by atoms with Crippen LogP contribution < -0.4 is 0 Å². The molecule has 4 N–H and O–H groups in total. The average Bonchev–Trinajstić information content (AvgIpc) is 1.90. The molecule has 0 saturated carbocycles. The maximum atomic E-state index is 10.0. The SMILES string of the molecule is O.O.O=[N+]([O-])c1ccccc1. The number of nitro benzene ring substituents is 1. The largest absolute Gasteiger partial charge is 0.412 e. The van der Waals surface area contributed by atoms with E-state index < -0.39 is 4.92 Å². The molecule has 1 aromatic rings. The van der Waals surface area contributed by atoms with Crippen molar-refractivity contribution < 1.29 is 15.9 Å². The summed E-state index contributed by atoms with van der Waals surface area (Å²) in [5.74, 6) is 0. The fourth-order valence-electron chi connectivity index (χ4n) is 0.550. The molecule has 62 valence electrons. The van der Waals surface area contributed by atoms with Crippen LogP contribution in [0.25, 0.3) is 0 Å². The summed E-state index contributed by atoms with van der Waals surface area (Å²) in [5, 5.41) is 10.0. The van der Waals surface area contributed by atoms with Gasteiger partial charge in [0.2, 0.25) is 0 Å². The third-order valence-electron chi connectivity index (χ3n) is 0.967. The Bertz CT molecular complexity index is 211. The zero-order chi connectivity index (χ0) is 6.69. The Morgan fingerprint density at radius 2 is 1.55 bits per heavy atom. The monoisotopic (exact) mass is 159 g/mol. The highest BCUT2D eigenvalue weighted by molar-refractivity contribution is 5.27. The molecule has 1 rings (SSSR count). The van der Waals surface area contributed by atoms with Gasteiger partial charge in [0, 0.05) is 12.1 Å². The van der Waals surface area contributed by atoms with E-state index in [1.165, 1.54) is 12.1 Å². The third-order valence-corrected chi connectivity index (χ3v) is 0.967. The quantitative estimate of drug-likeness (QED) is 0.423. The second-order valence-electron chi connectivity index (χ2n) is 1.59.